The summed E-state index contributed by atoms with van der Waals surface area (Å²) in [6.45, 7) is 4.03. The van der Waals surface area contributed by atoms with Crippen molar-refractivity contribution in [2.75, 3.05) is 14.2 Å². The summed E-state index contributed by atoms with van der Waals surface area (Å²) in [5.74, 6) is 1.45. The Balaban J connectivity index is 2.94. The summed E-state index contributed by atoms with van der Waals surface area (Å²) in [5.41, 5.74) is 14.2. The number of methoxy groups -OCH3 is 2. The summed E-state index contributed by atoms with van der Waals surface area (Å²) in [6.07, 6.45) is 1.78. The molecule has 2 unspecified atom stereocenters. The molecular weight excluding hydrogens is 228 g/mol. The van der Waals surface area contributed by atoms with Crippen LogP contribution in [0.5, 0.6) is 11.5 Å². The highest BCUT2D eigenvalue weighted by Crippen LogP contribution is 2.33. The number of rotatable bonds is 6. The van der Waals surface area contributed by atoms with Crippen LogP contribution in [0.3, 0.4) is 0 Å². The third-order valence-corrected chi connectivity index (χ3v) is 3.10. The second kappa shape index (κ2) is 6.61. The highest BCUT2D eigenvalue weighted by Gasteiger charge is 2.14. The lowest BCUT2D eigenvalue weighted by Gasteiger charge is -2.18. The van der Waals surface area contributed by atoms with E-state index < -0.39 is 0 Å². The average molecular weight is 252 g/mol. The van der Waals surface area contributed by atoms with E-state index in [1.165, 1.54) is 0 Å². The Morgan fingerprint density at radius 1 is 1.06 bits per heavy atom. The summed E-state index contributed by atoms with van der Waals surface area (Å²) >= 11 is 0. The van der Waals surface area contributed by atoms with Crippen LogP contribution in [-0.2, 0) is 0 Å². The minimum Gasteiger partial charge on any atom is -0.493 e. The third-order valence-electron chi connectivity index (χ3n) is 3.10. The largest absolute Gasteiger partial charge is 0.493 e. The SMILES string of the molecule is COc1cc(C)c(C(N)CCC(C)N)cc1OC. The maximum absolute atomic E-state index is 6.21. The molecule has 0 saturated carbocycles. The Morgan fingerprint density at radius 3 is 2.11 bits per heavy atom. The van der Waals surface area contributed by atoms with E-state index in [9.17, 15) is 0 Å². The Hall–Kier alpha value is -1.26. The predicted octanol–water partition coefficient (Wildman–Crippen LogP) is 2.14. The van der Waals surface area contributed by atoms with Crippen LogP contribution in [0.15, 0.2) is 12.1 Å². The van der Waals surface area contributed by atoms with Crippen LogP contribution in [-0.4, -0.2) is 20.3 Å². The number of aryl methyl sites for hydroxylation is 1. The molecule has 1 aromatic carbocycles. The molecule has 0 fully saturated rings. The summed E-state index contributed by atoms with van der Waals surface area (Å²) < 4.78 is 10.6. The first-order valence-electron chi connectivity index (χ1n) is 6.23. The monoisotopic (exact) mass is 252 g/mol. The van der Waals surface area contributed by atoms with Crippen molar-refractivity contribution in [2.24, 2.45) is 11.5 Å². The highest BCUT2D eigenvalue weighted by molar-refractivity contribution is 5.48. The molecule has 0 amide bonds. The van der Waals surface area contributed by atoms with Gasteiger partial charge in [-0.2, -0.15) is 0 Å². The van der Waals surface area contributed by atoms with E-state index in [0.717, 1.165) is 29.7 Å². The van der Waals surface area contributed by atoms with Crippen LogP contribution >= 0.6 is 0 Å². The molecule has 0 bridgehead atoms. The van der Waals surface area contributed by atoms with Gasteiger partial charge in [-0.15, -0.1) is 0 Å². The van der Waals surface area contributed by atoms with Crippen molar-refractivity contribution >= 4 is 0 Å². The molecule has 2 atom stereocenters. The fraction of sp³-hybridized carbons (Fsp3) is 0.571. The molecule has 4 nitrogen and oxygen atoms in total. The maximum Gasteiger partial charge on any atom is 0.161 e. The molecule has 0 aliphatic rings. The number of hydrogen-bond acceptors (Lipinski definition) is 4. The second-order valence-electron chi connectivity index (χ2n) is 4.72. The van der Waals surface area contributed by atoms with Gasteiger partial charge in [-0.25, -0.2) is 0 Å². The van der Waals surface area contributed by atoms with Crippen LogP contribution in [0.25, 0.3) is 0 Å². The molecule has 0 aromatic heterocycles. The molecule has 4 N–H and O–H groups in total. The summed E-state index contributed by atoms with van der Waals surface area (Å²) in [4.78, 5) is 0. The first-order chi connectivity index (χ1) is 8.49. The van der Waals surface area contributed by atoms with Gasteiger partial charge >= 0.3 is 0 Å². The van der Waals surface area contributed by atoms with Gasteiger partial charge in [0, 0.05) is 12.1 Å². The molecule has 1 rings (SSSR count). The van der Waals surface area contributed by atoms with Crippen molar-refractivity contribution in [3.05, 3.63) is 23.3 Å². The highest BCUT2D eigenvalue weighted by atomic mass is 16.5. The van der Waals surface area contributed by atoms with Crippen LogP contribution in [0.4, 0.5) is 0 Å². The molecule has 0 spiro atoms. The number of benzene rings is 1. The summed E-state index contributed by atoms with van der Waals surface area (Å²) in [6, 6.07) is 4.08. The molecule has 102 valence electrons. The van der Waals surface area contributed by atoms with E-state index in [0.29, 0.717) is 5.75 Å². The second-order valence-corrected chi connectivity index (χ2v) is 4.72. The molecule has 0 aliphatic heterocycles. The van der Waals surface area contributed by atoms with E-state index in [2.05, 4.69) is 0 Å². The molecular formula is C14H24N2O2. The number of ether oxygens (including phenoxy) is 2. The van der Waals surface area contributed by atoms with Crippen molar-refractivity contribution in [3.63, 3.8) is 0 Å². The van der Waals surface area contributed by atoms with E-state index in [1.54, 1.807) is 14.2 Å². The van der Waals surface area contributed by atoms with Crippen LogP contribution in [0.2, 0.25) is 0 Å². The van der Waals surface area contributed by atoms with E-state index in [-0.39, 0.29) is 12.1 Å². The van der Waals surface area contributed by atoms with Crippen molar-refractivity contribution in [1.82, 2.24) is 0 Å². The lowest BCUT2D eigenvalue weighted by Crippen LogP contribution is -2.19. The molecule has 0 saturated heterocycles. The van der Waals surface area contributed by atoms with Gasteiger partial charge in [-0.3, -0.25) is 0 Å². The van der Waals surface area contributed by atoms with Gasteiger partial charge in [-0.1, -0.05) is 0 Å². The van der Waals surface area contributed by atoms with Gasteiger partial charge in [-0.05, 0) is 49.9 Å². The third kappa shape index (κ3) is 3.62. The number of hydrogen-bond donors (Lipinski definition) is 2. The zero-order chi connectivity index (χ0) is 13.7. The normalized spacial score (nSPS) is 14.1. The van der Waals surface area contributed by atoms with Crippen LogP contribution < -0.4 is 20.9 Å². The minimum atomic E-state index is -0.0178. The average Bonchev–Trinajstić information content (AvgIpc) is 2.35. The lowest BCUT2D eigenvalue weighted by atomic mass is 9.96. The molecule has 0 heterocycles. The van der Waals surface area contributed by atoms with Crippen molar-refractivity contribution < 1.29 is 9.47 Å². The van der Waals surface area contributed by atoms with Gasteiger partial charge in [0.2, 0.25) is 0 Å². The van der Waals surface area contributed by atoms with Gasteiger partial charge in [0.05, 0.1) is 14.2 Å². The molecule has 0 radical (unpaired) electrons. The van der Waals surface area contributed by atoms with Crippen molar-refractivity contribution in [3.8, 4) is 11.5 Å². The predicted molar refractivity (Wildman–Crippen MR) is 74.1 cm³/mol. The standard InChI is InChI=1S/C14H24N2O2/c1-9-7-13(17-3)14(18-4)8-11(9)12(16)6-5-10(2)15/h7-8,10,12H,5-6,15-16H2,1-4H3. The quantitative estimate of drug-likeness (QED) is 0.813. The van der Waals surface area contributed by atoms with Crippen molar-refractivity contribution in [1.29, 1.82) is 0 Å². The van der Waals surface area contributed by atoms with Gasteiger partial charge in [0.15, 0.2) is 11.5 Å². The van der Waals surface area contributed by atoms with Crippen LogP contribution in [0.1, 0.15) is 36.9 Å². The first-order valence-corrected chi connectivity index (χ1v) is 6.23. The smallest absolute Gasteiger partial charge is 0.161 e. The molecule has 1 aromatic rings. The Bertz CT molecular complexity index is 392. The zero-order valence-corrected chi connectivity index (χ0v) is 11.7. The zero-order valence-electron chi connectivity index (χ0n) is 11.7. The first kappa shape index (κ1) is 14.8. The van der Waals surface area contributed by atoms with E-state index in [4.69, 9.17) is 20.9 Å². The Labute approximate surface area is 109 Å². The Kier molecular flexibility index (Phi) is 5.44. The maximum atomic E-state index is 6.21. The number of nitrogens with two attached hydrogens (primary N) is 2. The fourth-order valence-electron chi connectivity index (χ4n) is 1.99. The topological polar surface area (TPSA) is 70.5 Å². The molecule has 4 heteroatoms. The minimum absolute atomic E-state index is 0.0178. The molecule has 0 aliphatic carbocycles. The molecule has 18 heavy (non-hydrogen) atoms. The van der Waals surface area contributed by atoms with Crippen molar-refractivity contribution in [2.45, 2.75) is 38.8 Å². The van der Waals surface area contributed by atoms with Gasteiger partial charge in [0.25, 0.3) is 0 Å². The Morgan fingerprint density at radius 2 is 1.61 bits per heavy atom. The summed E-state index contributed by atoms with van der Waals surface area (Å²) in [7, 11) is 3.26. The fourth-order valence-corrected chi connectivity index (χ4v) is 1.99. The van der Waals surface area contributed by atoms with Gasteiger partial charge in [0.1, 0.15) is 0 Å². The summed E-state index contributed by atoms with van der Waals surface area (Å²) in [5, 5.41) is 0. The van der Waals surface area contributed by atoms with E-state index >= 15 is 0 Å². The van der Waals surface area contributed by atoms with E-state index in [1.807, 2.05) is 26.0 Å². The van der Waals surface area contributed by atoms with Gasteiger partial charge < -0.3 is 20.9 Å². The lowest BCUT2D eigenvalue weighted by molar-refractivity contribution is 0.353. The van der Waals surface area contributed by atoms with Crippen LogP contribution in [0, 0.1) is 6.92 Å².